The number of anilines is 1. The van der Waals surface area contributed by atoms with Crippen LogP contribution in [0.5, 0.6) is 5.75 Å². The number of carbonyl (C=O) groups is 1. The highest BCUT2D eigenvalue weighted by Gasteiger charge is 2.26. The van der Waals surface area contributed by atoms with E-state index >= 15 is 0 Å². The summed E-state index contributed by atoms with van der Waals surface area (Å²) in [4.78, 5) is 24.3. The van der Waals surface area contributed by atoms with Gasteiger partial charge in [-0.3, -0.25) is 14.7 Å². The van der Waals surface area contributed by atoms with Gasteiger partial charge in [0.15, 0.2) is 5.13 Å². The Labute approximate surface area is 187 Å². The van der Waals surface area contributed by atoms with Crippen molar-refractivity contribution in [1.29, 1.82) is 0 Å². The second-order valence-corrected chi connectivity index (χ2v) is 8.42. The van der Waals surface area contributed by atoms with E-state index in [2.05, 4.69) is 4.98 Å². The average Bonchev–Trinajstić information content (AvgIpc) is 3.21. The zero-order chi connectivity index (χ0) is 21.3. The lowest BCUT2D eigenvalue weighted by Crippen LogP contribution is -2.31. The molecule has 0 spiro atoms. The molecule has 8 heteroatoms. The van der Waals surface area contributed by atoms with Crippen LogP contribution in [0.3, 0.4) is 0 Å². The molecule has 2 heterocycles. The van der Waals surface area contributed by atoms with Crippen molar-refractivity contribution in [1.82, 2.24) is 9.97 Å². The first-order valence-corrected chi connectivity index (χ1v) is 10.7. The molecule has 0 N–H and O–H groups in total. The molecule has 30 heavy (non-hydrogen) atoms. The number of rotatable bonds is 5. The lowest BCUT2D eigenvalue weighted by molar-refractivity contribution is 0.0982. The zero-order valence-corrected chi connectivity index (χ0v) is 18.6. The van der Waals surface area contributed by atoms with Crippen LogP contribution in [0.1, 0.15) is 21.6 Å². The molecule has 2 aromatic heterocycles. The molecular weight excluding hydrogens is 441 g/mol. The number of nitrogens with zero attached hydrogens (tertiary/aromatic N) is 3. The van der Waals surface area contributed by atoms with Crippen molar-refractivity contribution in [2.45, 2.75) is 13.5 Å². The smallest absolute Gasteiger partial charge is 0.264 e. The molecule has 1 amide bonds. The summed E-state index contributed by atoms with van der Waals surface area (Å²) in [6, 6.07) is 14.3. The van der Waals surface area contributed by atoms with Crippen molar-refractivity contribution >= 4 is 55.8 Å². The molecule has 0 aliphatic rings. The Kier molecular flexibility index (Phi) is 5.90. The van der Waals surface area contributed by atoms with Crippen LogP contribution in [-0.4, -0.2) is 23.0 Å². The molecule has 0 saturated heterocycles. The van der Waals surface area contributed by atoms with Crippen molar-refractivity contribution in [3.8, 4) is 5.75 Å². The molecule has 2 aromatic carbocycles. The van der Waals surface area contributed by atoms with Gasteiger partial charge in [-0.25, -0.2) is 4.98 Å². The topological polar surface area (TPSA) is 55.3 Å². The van der Waals surface area contributed by atoms with Crippen molar-refractivity contribution in [3.05, 3.63) is 81.6 Å². The molecule has 0 unspecified atom stereocenters. The number of carbonyl (C=O) groups excluding carboxylic acids is 1. The summed E-state index contributed by atoms with van der Waals surface area (Å²) in [6.07, 6.45) is 1.69. The van der Waals surface area contributed by atoms with E-state index in [1.807, 2.05) is 37.3 Å². The SMILES string of the molecule is COc1ccc(Cl)cc1C(=O)N(Cc1ccccn1)c1nc2c(C)ccc(Cl)c2s1. The first-order valence-electron chi connectivity index (χ1n) is 9.09. The largest absolute Gasteiger partial charge is 0.496 e. The Hall–Kier alpha value is -2.67. The fourth-order valence-electron chi connectivity index (χ4n) is 3.08. The van der Waals surface area contributed by atoms with Gasteiger partial charge in [0.1, 0.15) is 5.75 Å². The van der Waals surface area contributed by atoms with Crippen LogP contribution < -0.4 is 9.64 Å². The summed E-state index contributed by atoms with van der Waals surface area (Å²) in [7, 11) is 1.52. The predicted molar refractivity (Wildman–Crippen MR) is 122 cm³/mol. The van der Waals surface area contributed by atoms with E-state index in [1.54, 1.807) is 29.3 Å². The molecule has 4 aromatic rings. The van der Waals surface area contributed by atoms with E-state index in [1.165, 1.54) is 18.4 Å². The Morgan fingerprint density at radius 1 is 1.17 bits per heavy atom. The number of benzene rings is 2. The fourth-order valence-corrected chi connectivity index (χ4v) is 4.57. The number of pyridine rings is 1. The third-order valence-electron chi connectivity index (χ3n) is 4.60. The summed E-state index contributed by atoms with van der Waals surface area (Å²) in [6.45, 7) is 2.21. The normalized spacial score (nSPS) is 10.9. The molecule has 4 rings (SSSR count). The molecule has 5 nitrogen and oxygen atoms in total. The Bertz CT molecular complexity index is 1190. The summed E-state index contributed by atoms with van der Waals surface area (Å²) in [5, 5.41) is 1.57. The summed E-state index contributed by atoms with van der Waals surface area (Å²) in [5.74, 6) is 0.151. The number of hydrogen-bond acceptors (Lipinski definition) is 5. The molecule has 0 aliphatic heterocycles. The summed E-state index contributed by atoms with van der Waals surface area (Å²) < 4.78 is 6.23. The van der Waals surface area contributed by atoms with Crippen LogP contribution in [0, 0.1) is 6.92 Å². The van der Waals surface area contributed by atoms with Crippen LogP contribution in [0.2, 0.25) is 10.0 Å². The van der Waals surface area contributed by atoms with Crippen LogP contribution in [0.4, 0.5) is 5.13 Å². The number of methoxy groups -OCH3 is 1. The molecule has 0 saturated carbocycles. The highest BCUT2D eigenvalue weighted by atomic mass is 35.5. The minimum Gasteiger partial charge on any atom is -0.496 e. The zero-order valence-electron chi connectivity index (χ0n) is 16.2. The Balaban J connectivity index is 1.85. The lowest BCUT2D eigenvalue weighted by Gasteiger charge is -2.21. The highest BCUT2D eigenvalue weighted by Crippen LogP contribution is 2.37. The molecule has 0 atom stereocenters. The van der Waals surface area contributed by atoms with Crippen LogP contribution in [-0.2, 0) is 6.54 Å². The van der Waals surface area contributed by atoms with Crippen molar-refractivity contribution < 1.29 is 9.53 Å². The fraction of sp³-hybridized carbons (Fsp3) is 0.136. The number of halogens is 2. The molecule has 0 aliphatic carbocycles. The van der Waals surface area contributed by atoms with E-state index in [4.69, 9.17) is 32.9 Å². The average molecular weight is 458 g/mol. The van der Waals surface area contributed by atoms with Crippen molar-refractivity contribution in [2.24, 2.45) is 0 Å². The predicted octanol–water partition coefficient (Wildman–Crippen LogP) is 6.16. The third kappa shape index (κ3) is 3.99. The van der Waals surface area contributed by atoms with Gasteiger partial charge in [0.2, 0.25) is 0 Å². The van der Waals surface area contributed by atoms with Crippen molar-refractivity contribution in [2.75, 3.05) is 12.0 Å². The summed E-state index contributed by atoms with van der Waals surface area (Å²) in [5.41, 5.74) is 2.85. The number of amides is 1. The maximum Gasteiger partial charge on any atom is 0.264 e. The molecule has 0 fully saturated rings. The van der Waals surface area contributed by atoms with E-state index in [0.717, 1.165) is 21.5 Å². The molecular formula is C22H17Cl2N3O2S. The van der Waals surface area contributed by atoms with Crippen LogP contribution >= 0.6 is 34.5 Å². The van der Waals surface area contributed by atoms with Gasteiger partial charge in [-0.2, -0.15) is 0 Å². The van der Waals surface area contributed by atoms with Crippen molar-refractivity contribution in [3.63, 3.8) is 0 Å². The van der Waals surface area contributed by atoms with Crippen LogP contribution in [0.25, 0.3) is 10.2 Å². The molecule has 152 valence electrons. The van der Waals surface area contributed by atoms with Crippen LogP contribution in [0.15, 0.2) is 54.7 Å². The summed E-state index contributed by atoms with van der Waals surface area (Å²) >= 11 is 13.9. The van der Waals surface area contributed by atoms with Gasteiger partial charge >= 0.3 is 0 Å². The highest BCUT2D eigenvalue weighted by molar-refractivity contribution is 7.23. The number of thiazole rings is 1. The Morgan fingerprint density at radius 3 is 2.70 bits per heavy atom. The van der Waals surface area contributed by atoms with E-state index < -0.39 is 0 Å². The standard InChI is InChI=1S/C22H17Cl2N3O2S/c1-13-6-8-17(24)20-19(13)26-22(30-20)27(12-15-5-3-4-10-25-15)21(28)16-11-14(23)7-9-18(16)29-2/h3-11H,12H2,1-2H3. The van der Waals surface area contributed by atoms with Gasteiger partial charge in [-0.1, -0.05) is 46.7 Å². The number of aromatic nitrogens is 2. The van der Waals surface area contributed by atoms with Gasteiger partial charge in [0.25, 0.3) is 5.91 Å². The second kappa shape index (κ2) is 8.60. The number of fused-ring (bicyclic) bond motifs is 1. The van der Waals surface area contributed by atoms with E-state index in [-0.39, 0.29) is 12.5 Å². The molecule has 0 bridgehead atoms. The third-order valence-corrected chi connectivity index (χ3v) is 6.37. The minimum absolute atomic E-state index is 0.242. The maximum atomic E-state index is 13.6. The van der Waals surface area contributed by atoms with Gasteiger partial charge in [0.05, 0.1) is 40.2 Å². The molecule has 0 radical (unpaired) electrons. The first kappa shape index (κ1) is 20.6. The lowest BCUT2D eigenvalue weighted by atomic mass is 10.1. The first-order chi connectivity index (χ1) is 14.5. The van der Waals surface area contributed by atoms with E-state index in [0.29, 0.717) is 26.5 Å². The Morgan fingerprint density at radius 2 is 2.00 bits per heavy atom. The van der Waals surface area contributed by atoms with Gasteiger partial charge in [0, 0.05) is 11.2 Å². The monoisotopic (exact) mass is 457 g/mol. The van der Waals surface area contributed by atoms with Gasteiger partial charge < -0.3 is 4.74 Å². The van der Waals surface area contributed by atoms with E-state index in [9.17, 15) is 4.79 Å². The maximum absolute atomic E-state index is 13.6. The minimum atomic E-state index is -0.284. The number of hydrogen-bond donors (Lipinski definition) is 0. The quantitative estimate of drug-likeness (QED) is 0.359. The second-order valence-electron chi connectivity index (χ2n) is 6.60. The number of aryl methyl sites for hydroxylation is 1. The number of ether oxygens (including phenoxy) is 1. The van der Waals surface area contributed by atoms with Gasteiger partial charge in [-0.05, 0) is 48.9 Å². The van der Waals surface area contributed by atoms with Gasteiger partial charge in [-0.15, -0.1) is 0 Å².